The number of amides is 3. The van der Waals surface area contributed by atoms with Gasteiger partial charge in [-0.05, 0) is 42.5 Å². The highest BCUT2D eigenvalue weighted by atomic mass is 16.5. The average molecular weight is 362 g/mol. The number of methoxy groups -OCH3 is 1. The van der Waals surface area contributed by atoms with Crippen LogP contribution in [-0.2, 0) is 0 Å². The van der Waals surface area contributed by atoms with Crippen LogP contribution in [0.1, 0.15) is 10.4 Å². The van der Waals surface area contributed by atoms with Crippen LogP contribution >= 0.6 is 0 Å². The highest BCUT2D eigenvalue weighted by Gasteiger charge is 2.13. The zero-order valence-electron chi connectivity index (χ0n) is 14.6. The fourth-order valence-corrected chi connectivity index (χ4v) is 2.41. The maximum Gasteiger partial charge on any atom is 0.323 e. The van der Waals surface area contributed by atoms with Gasteiger partial charge in [-0.1, -0.05) is 24.3 Å². The first-order chi connectivity index (χ1) is 13.2. The minimum Gasteiger partial charge on any atom is -0.480 e. The lowest BCUT2D eigenvalue weighted by Gasteiger charge is -2.11. The van der Waals surface area contributed by atoms with Crippen molar-refractivity contribution in [2.75, 3.05) is 23.1 Å². The van der Waals surface area contributed by atoms with E-state index >= 15 is 0 Å². The van der Waals surface area contributed by atoms with Gasteiger partial charge in [-0.2, -0.15) is 0 Å². The molecule has 27 heavy (non-hydrogen) atoms. The third kappa shape index (κ3) is 4.82. The van der Waals surface area contributed by atoms with Crippen molar-refractivity contribution in [1.29, 1.82) is 0 Å². The quantitative estimate of drug-likeness (QED) is 0.640. The average Bonchev–Trinajstić information content (AvgIpc) is 2.69. The van der Waals surface area contributed by atoms with Gasteiger partial charge in [0.15, 0.2) is 0 Å². The Balaban J connectivity index is 1.66. The molecule has 1 heterocycles. The number of aromatic nitrogens is 1. The SMILES string of the molecule is COc1ncccc1C(=O)Nc1cccc(NC(=O)Nc2ccccc2)c1. The highest BCUT2D eigenvalue weighted by Crippen LogP contribution is 2.19. The predicted octanol–water partition coefficient (Wildman–Crippen LogP) is 3.99. The molecule has 7 nitrogen and oxygen atoms in total. The number of hydrogen-bond donors (Lipinski definition) is 3. The molecule has 0 saturated carbocycles. The standard InChI is InChI=1S/C20H18N4O3/c1-27-19-17(11-6-12-21-19)18(25)22-15-9-5-10-16(13-15)24-20(26)23-14-7-3-2-4-8-14/h2-13H,1H3,(H,22,25)(H2,23,24,26). The van der Waals surface area contributed by atoms with Crippen LogP contribution in [0.3, 0.4) is 0 Å². The number of pyridine rings is 1. The Morgan fingerprint density at radius 1 is 0.815 bits per heavy atom. The first kappa shape index (κ1) is 17.9. The number of nitrogens with zero attached hydrogens (tertiary/aromatic N) is 1. The van der Waals surface area contributed by atoms with E-state index in [-0.39, 0.29) is 17.8 Å². The highest BCUT2D eigenvalue weighted by molar-refractivity contribution is 6.06. The number of nitrogens with one attached hydrogen (secondary N) is 3. The Morgan fingerprint density at radius 2 is 1.48 bits per heavy atom. The zero-order valence-corrected chi connectivity index (χ0v) is 14.6. The number of urea groups is 1. The van der Waals surface area contributed by atoms with Crippen LogP contribution in [0, 0.1) is 0 Å². The van der Waals surface area contributed by atoms with Crippen molar-refractivity contribution in [3.8, 4) is 5.88 Å². The summed E-state index contributed by atoms with van der Waals surface area (Å²) >= 11 is 0. The Kier molecular flexibility index (Phi) is 5.64. The second kappa shape index (κ2) is 8.48. The second-order valence-electron chi connectivity index (χ2n) is 5.54. The lowest BCUT2D eigenvalue weighted by Crippen LogP contribution is -2.19. The smallest absolute Gasteiger partial charge is 0.323 e. The molecule has 3 amide bonds. The Hall–Kier alpha value is -3.87. The van der Waals surface area contributed by atoms with Crippen LogP contribution in [0.4, 0.5) is 21.9 Å². The summed E-state index contributed by atoms with van der Waals surface area (Å²) in [4.78, 5) is 28.5. The molecule has 2 aromatic carbocycles. The number of anilines is 3. The third-order valence-corrected chi connectivity index (χ3v) is 3.62. The topological polar surface area (TPSA) is 92.3 Å². The van der Waals surface area contributed by atoms with E-state index in [1.54, 1.807) is 54.7 Å². The first-order valence-electron chi connectivity index (χ1n) is 8.19. The Morgan fingerprint density at radius 3 is 2.22 bits per heavy atom. The van der Waals surface area contributed by atoms with Crippen LogP contribution in [-0.4, -0.2) is 24.0 Å². The summed E-state index contributed by atoms with van der Waals surface area (Å²) < 4.78 is 5.10. The maximum atomic E-state index is 12.4. The van der Waals surface area contributed by atoms with Crippen LogP contribution in [0.15, 0.2) is 72.9 Å². The number of hydrogen-bond acceptors (Lipinski definition) is 4. The molecule has 0 aliphatic carbocycles. The Labute approximate surface area is 156 Å². The molecule has 0 saturated heterocycles. The number of carbonyl (C=O) groups is 2. The molecule has 7 heteroatoms. The van der Waals surface area contributed by atoms with Gasteiger partial charge in [-0.25, -0.2) is 9.78 Å². The minimum absolute atomic E-state index is 0.242. The molecular weight excluding hydrogens is 344 g/mol. The largest absolute Gasteiger partial charge is 0.480 e. The van der Waals surface area contributed by atoms with Crippen LogP contribution in [0.2, 0.25) is 0 Å². The fraction of sp³-hybridized carbons (Fsp3) is 0.0500. The molecular formula is C20H18N4O3. The van der Waals surface area contributed by atoms with Gasteiger partial charge in [0.25, 0.3) is 5.91 Å². The van der Waals surface area contributed by atoms with Gasteiger partial charge in [0, 0.05) is 23.3 Å². The third-order valence-electron chi connectivity index (χ3n) is 3.62. The molecule has 0 unspecified atom stereocenters. The number of ether oxygens (including phenoxy) is 1. The molecule has 0 atom stereocenters. The van der Waals surface area contributed by atoms with E-state index in [1.807, 2.05) is 18.2 Å². The van der Waals surface area contributed by atoms with Crippen molar-refractivity contribution < 1.29 is 14.3 Å². The van der Waals surface area contributed by atoms with Gasteiger partial charge < -0.3 is 20.7 Å². The van der Waals surface area contributed by atoms with E-state index in [0.717, 1.165) is 0 Å². The fourth-order valence-electron chi connectivity index (χ4n) is 2.41. The number of benzene rings is 2. The minimum atomic E-state index is -0.376. The molecule has 1 aromatic heterocycles. The molecule has 0 radical (unpaired) electrons. The van der Waals surface area contributed by atoms with Crippen molar-refractivity contribution in [3.05, 3.63) is 78.5 Å². The number of rotatable bonds is 5. The van der Waals surface area contributed by atoms with E-state index in [2.05, 4.69) is 20.9 Å². The second-order valence-corrected chi connectivity index (χ2v) is 5.54. The normalized spacial score (nSPS) is 9.96. The molecule has 0 aliphatic heterocycles. The first-order valence-corrected chi connectivity index (χ1v) is 8.19. The summed E-state index contributed by atoms with van der Waals surface area (Å²) in [5, 5.41) is 8.22. The number of carbonyl (C=O) groups excluding carboxylic acids is 2. The summed E-state index contributed by atoms with van der Waals surface area (Å²) in [6.07, 6.45) is 1.55. The maximum absolute atomic E-state index is 12.4. The van der Waals surface area contributed by atoms with E-state index < -0.39 is 0 Å². The van der Waals surface area contributed by atoms with Gasteiger partial charge >= 0.3 is 6.03 Å². The van der Waals surface area contributed by atoms with Crippen molar-refractivity contribution in [1.82, 2.24) is 4.98 Å². The lowest BCUT2D eigenvalue weighted by molar-refractivity contribution is 0.102. The summed E-state index contributed by atoms with van der Waals surface area (Å²) in [6, 6.07) is 18.8. The molecule has 0 spiro atoms. The predicted molar refractivity (Wildman–Crippen MR) is 104 cm³/mol. The van der Waals surface area contributed by atoms with Crippen LogP contribution in [0.25, 0.3) is 0 Å². The van der Waals surface area contributed by atoms with Gasteiger partial charge in [-0.15, -0.1) is 0 Å². The molecule has 3 aromatic rings. The van der Waals surface area contributed by atoms with Gasteiger partial charge in [0.05, 0.1) is 7.11 Å². The monoisotopic (exact) mass is 362 g/mol. The van der Waals surface area contributed by atoms with Crippen molar-refractivity contribution in [2.45, 2.75) is 0 Å². The molecule has 136 valence electrons. The number of para-hydroxylation sites is 1. The summed E-state index contributed by atoms with van der Waals surface area (Å²) in [5.41, 5.74) is 2.08. The summed E-state index contributed by atoms with van der Waals surface area (Å²) in [5.74, 6) is -0.114. The Bertz CT molecular complexity index is 945. The van der Waals surface area contributed by atoms with Crippen LogP contribution in [0.5, 0.6) is 5.88 Å². The van der Waals surface area contributed by atoms with Gasteiger partial charge in [0.2, 0.25) is 5.88 Å². The van der Waals surface area contributed by atoms with Crippen molar-refractivity contribution in [3.63, 3.8) is 0 Å². The zero-order chi connectivity index (χ0) is 19.1. The molecule has 0 aliphatic rings. The molecule has 3 N–H and O–H groups in total. The van der Waals surface area contributed by atoms with Crippen molar-refractivity contribution >= 4 is 29.0 Å². The molecule has 3 rings (SSSR count). The van der Waals surface area contributed by atoms with E-state index in [0.29, 0.717) is 22.6 Å². The summed E-state index contributed by atoms with van der Waals surface area (Å²) in [6.45, 7) is 0. The van der Waals surface area contributed by atoms with Gasteiger partial charge in [0.1, 0.15) is 5.56 Å². The van der Waals surface area contributed by atoms with E-state index in [9.17, 15) is 9.59 Å². The van der Waals surface area contributed by atoms with Gasteiger partial charge in [-0.3, -0.25) is 4.79 Å². The van der Waals surface area contributed by atoms with Crippen molar-refractivity contribution in [2.24, 2.45) is 0 Å². The lowest BCUT2D eigenvalue weighted by atomic mass is 10.2. The molecule has 0 fully saturated rings. The van der Waals surface area contributed by atoms with E-state index in [1.165, 1.54) is 7.11 Å². The van der Waals surface area contributed by atoms with E-state index in [4.69, 9.17) is 4.74 Å². The van der Waals surface area contributed by atoms with Crippen LogP contribution < -0.4 is 20.7 Å². The summed E-state index contributed by atoms with van der Waals surface area (Å²) in [7, 11) is 1.45. The molecule has 0 bridgehead atoms.